The van der Waals surface area contributed by atoms with Gasteiger partial charge in [0.15, 0.2) is 5.78 Å². The Hall–Kier alpha value is -2.10. The van der Waals surface area contributed by atoms with E-state index in [1.807, 2.05) is 26.0 Å². The highest BCUT2D eigenvalue weighted by atomic mass is 16.5. The molecule has 0 saturated carbocycles. The average Bonchev–Trinajstić information content (AvgIpc) is 2.36. The molecular formula is C15H18O4. The molecule has 0 spiro atoms. The van der Waals surface area contributed by atoms with Gasteiger partial charge in [0.2, 0.25) is 0 Å². The summed E-state index contributed by atoms with van der Waals surface area (Å²) in [6, 6.07) is 3.72. The molecule has 0 amide bonds. The van der Waals surface area contributed by atoms with E-state index in [4.69, 9.17) is 9.84 Å². The normalized spacial score (nSPS) is 10.7. The van der Waals surface area contributed by atoms with Crippen LogP contribution in [-0.2, 0) is 4.79 Å². The topological polar surface area (TPSA) is 63.6 Å². The SMILES string of the molecule is CCCOc1c(C)ccc(C)c1C(=O)/C=C/C(=O)O. The first-order chi connectivity index (χ1) is 8.97. The van der Waals surface area contributed by atoms with E-state index < -0.39 is 5.97 Å². The highest BCUT2D eigenvalue weighted by Gasteiger charge is 2.16. The van der Waals surface area contributed by atoms with Crippen LogP contribution in [0.1, 0.15) is 34.8 Å². The van der Waals surface area contributed by atoms with Gasteiger partial charge in [-0.3, -0.25) is 4.79 Å². The summed E-state index contributed by atoms with van der Waals surface area (Å²) < 4.78 is 5.62. The molecule has 0 aliphatic heterocycles. The van der Waals surface area contributed by atoms with Gasteiger partial charge in [0, 0.05) is 6.08 Å². The van der Waals surface area contributed by atoms with E-state index in [2.05, 4.69) is 0 Å². The first-order valence-electron chi connectivity index (χ1n) is 6.15. The fourth-order valence-corrected chi connectivity index (χ4v) is 1.71. The Balaban J connectivity index is 3.20. The highest BCUT2D eigenvalue weighted by molar-refractivity contribution is 6.09. The molecular weight excluding hydrogens is 244 g/mol. The number of hydrogen-bond acceptors (Lipinski definition) is 3. The van der Waals surface area contributed by atoms with Crippen molar-refractivity contribution in [2.75, 3.05) is 6.61 Å². The van der Waals surface area contributed by atoms with Crippen molar-refractivity contribution in [3.63, 3.8) is 0 Å². The second-order valence-corrected chi connectivity index (χ2v) is 4.29. The van der Waals surface area contributed by atoms with Crippen molar-refractivity contribution in [2.24, 2.45) is 0 Å². The van der Waals surface area contributed by atoms with Gasteiger partial charge in [-0.05, 0) is 37.5 Å². The number of carbonyl (C=O) groups is 2. The largest absolute Gasteiger partial charge is 0.493 e. The summed E-state index contributed by atoms with van der Waals surface area (Å²) in [5, 5.41) is 8.57. The smallest absolute Gasteiger partial charge is 0.328 e. The van der Waals surface area contributed by atoms with Gasteiger partial charge in [0.25, 0.3) is 0 Å². The monoisotopic (exact) mass is 262 g/mol. The number of aliphatic carboxylic acids is 1. The number of allylic oxidation sites excluding steroid dienone is 1. The van der Waals surface area contributed by atoms with E-state index in [-0.39, 0.29) is 5.78 Å². The predicted octanol–water partition coefficient (Wildman–Crippen LogP) is 2.92. The van der Waals surface area contributed by atoms with Crippen molar-refractivity contribution in [1.82, 2.24) is 0 Å². The van der Waals surface area contributed by atoms with Crippen LogP contribution in [0, 0.1) is 13.8 Å². The molecule has 19 heavy (non-hydrogen) atoms. The van der Waals surface area contributed by atoms with Crippen LogP contribution in [0.4, 0.5) is 0 Å². The van der Waals surface area contributed by atoms with E-state index in [0.29, 0.717) is 17.9 Å². The molecule has 1 N–H and O–H groups in total. The molecule has 102 valence electrons. The zero-order valence-electron chi connectivity index (χ0n) is 11.4. The summed E-state index contributed by atoms with van der Waals surface area (Å²) in [7, 11) is 0. The number of ether oxygens (including phenoxy) is 1. The number of hydrogen-bond donors (Lipinski definition) is 1. The molecule has 0 aliphatic carbocycles. The van der Waals surface area contributed by atoms with Gasteiger partial charge in [-0.1, -0.05) is 19.1 Å². The quantitative estimate of drug-likeness (QED) is 0.632. The van der Waals surface area contributed by atoms with Crippen LogP contribution in [0.15, 0.2) is 24.3 Å². The molecule has 0 heterocycles. The van der Waals surface area contributed by atoms with Crippen LogP contribution < -0.4 is 4.74 Å². The number of carbonyl (C=O) groups excluding carboxylic acids is 1. The van der Waals surface area contributed by atoms with Gasteiger partial charge >= 0.3 is 5.97 Å². The lowest BCUT2D eigenvalue weighted by molar-refractivity contribution is -0.131. The third-order valence-electron chi connectivity index (χ3n) is 2.64. The van der Waals surface area contributed by atoms with Crippen LogP contribution in [-0.4, -0.2) is 23.5 Å². The maximum Gasteiger partial charge on any atom is 0.328 e. The van der Waals surface area contributed by atoms with Crippen molar-refractivity contribution < 1.29 is 19.4 Å². The lowest BCUT2D eigenvalue weighted by atomic mass is 9.99. The minimum atomic E-state index is -1.14. The van der Waals surface area contributed by atoms with Gasteiger partial charge in [-0.15, -0.1) is 0 Å². The third-order valence-corrected chi connectivity index (χ3v) is 2.64. The van der Waals surface area contributed by atoms with Crippen LogP contribution in [0.3, 0.4) is 0 Å². The van der Waals surface area contributed by atoms with Crippen LogP contribution in [0.2, 0.25) is 0 Å². The van der Waals surface area contributed by atoms with Gasteiger partial charge < -0.3 is 9.84 Å². The van der Waals surface area contributed by atoms with Gasteiger partial charge in [-0.25, -0.2) is 4.79 Å². The molecule has 0 unspecified atom stereocenters. The van der Waals surface area contributed by atoms with Crippen LogP contribution in [0.25, 0.3) is 0 Å². The molecule has 0 aromatic heterocycles. The fourth-order valence-electron chi connectivity index (χ4n) is 1.71. The first-order valence-corrected chi connectivity index (χ1v) is 6.15. The molecule has 1 rings (SSSR count). The predicted molar refractivity (Wildman–Crippen MR) is 72.8 cm³/mol. The molecule has 0 bridgehead atoms. The van der Waals surface area contributed by atoms with E-state index in [1.54, 1.807) is 6.92 Å². The number of benzene rings is 1. The lowest BCUT2D eigenvalue weighted by Crippen LogP contribution is -2.07. The summed E-state index contributed by atoms with van der Waals surface area (Å²) in [5.41, 5.74) is 2.08. The Morgan fingerprint density at radius 3 is 2.42 bits per heavy atom. The molecule has 0 saturated heterocycles. The van der Waals surface area contributed by atoms with E-state index in [0.717, 1.165) is 29.7 Å². The summed E-state index contributed by atoms with van der Waals surface area (Å²) in [4.78, 5) is 22.5. The Bertz CT molecular complexity index is 515. The molecule has 1 aromatic carbocycles. The summed E-state index contributed by atoms with van der Waals surface area (Å²) in [6.07, 6.45) is 2.74. The number of ketones is 1. The zero-order chi connectivity index (χ0) is 14.4. The van der Waals surface area contributed by atoms with Crippen molar-refractivity contribution in [2.45, 2.75) is 27.2 Å². The number of carboxylic acids is 1. The maximum absolute atomic E-state index is 12.1. The van der Waals surface area contributed by atoms with Crippen LogP contribution >= 0.6 is 0 Å². The molecule has 1 aromatic rings. The van der Waals surface area contributed by atoms with Gasteiger partial charge in [-0.2, -0.15) is 0 Å². The molecule has 0 atom stereocenters. The van der Waals surface area contributed by atoms with Crippen molar-refractivity contribution >= 4 is 11.8 Å². The average molecular weight is 262 g/mol. The van der Waals surface area contributed by atoms with Crippen molar-refractivity contribution in [3.8, 4) is 5.75 Å². The third kappa shape index (κ3) is 3.95. The Labute approximate surface area is 112 Å². The van der Waals surface area contributed by atoms with Gasteiger partial charge in [0.1, 0.15) is 5.75 Å². The summed E-state index contributed by atoms with van der Waals surface area (Å²) >= 11 is 0. The molecule has 0 aliphatic rings. The summed E-state index contributed by atoms with van der Waals surface area (Å²) in [6.45, 7) is 6.17. The standard InChI is InChI=1S/C15H18O4/c1-4-9-19-15-11(3)6-5-10(2)14(15)12(16)7-8-13(17)18/h5-8H,4,9H2,1-3H3,(H,17,18)/b8-7+. The number of rotatable bonds is 6. The van der Waals surface area contributed by atoms with Crippen LogP contribution in [0.5, 0.6) is 5.75 Å². The zero-order valence-corrected chi connectivity index (χ0v) is 11.4. The Kier molecular flexibility index (Phi) is 5.30. The maximum atomic E-state index is 12.1. The van der Waals surface area contributed by atoms with Gasteiger partial charge in [0.05, 0.1) is 12.2 Å². The second-order valence-electron chi connectivity index (χ2n) is 4.29. The molecule has 4 heteroatoms. The Morgan fingerprint density at radius 2 is 1.84 bits per heavy atom. The van der Waals surface area contributed by atoms with E-state index in [1.165, 1.54) is 0 Å². The molecule has 0 radical (unpaired) electrons. The van der Waals surface area contributed by atoms with Crippen molar-refractivity contribution in [1.29, 1.82) is 0 Å². The highest BCUT2D eigenvalue weighted by Crippen LogP contribution is 2.27. The minimum absolute atomic E-state index is 0.352. The van der Waals surface area contributed by atoms with E-state index >= 15 is 0 Å². The molecule has 4 nitrogen and oxygen atoms in total. The first kappa shape index (κ1) is 15.0. The van der Waals surface area contributed by atoms with Crippen molar-refractivity contribution in [3.05, 3.63) is 41.0 Å². The summed E-state index contributed by atoms with van der Waals surface area (Å²) in [5.74, 6) is -0.953. The minimum Gasteiger partial charge on any atom is -0.493 e. The fraction of sp³-hybridized carbons (Fsp3) is 0.333. The molecule has 0 fully saturated rings. The van der Waals surface area contributed by atoms with E-state index in [9.17, 15) is 9.59 Å². The Morgan fingerprint density at radius 1 is 1.21 bits per heavy atom. The lowest BCUT2D eigenvalue weighted by Gasteiger charge is -2.14. The number of aryl methyl sites for hydroxylation is 2. The number of carboxylic acid groups (broad SMARTS) is 1. The second kappa shape index (κ2) is 6.73.